The summed E-state index contributed by atoms with van der Waals surface area (Å²) in [7, 11) is 1.62. The standard InChI is InChI=1S/C20H23NO2/c1-16(12-13-17-8-4-3-5-9-17)21-20(22)15-14-18-10-6-7-11-19(18)23-2/h3-11,14-16H,12-13H2,1-2H3,(H,21,22)/b15-14+/t16-/m1/s1. The second-order valence-corrected chi connectivity index (χ2v) is 5.51. The number of hydrogen-bond donors (Lipinski definition) is 1. The molecule has 3 heteroatoms. The predicted octanol–water partition coefficient (Wildman–Crippen LogP) is 3.85. The van der Waals surface area contributed by atoms with Gasteiger partial charge in [-0.3, -0.25) is 4.79 Å². The van der Waals surface area contributed by atoms with E-state index in [2.05, 4.69) is 17.4 Å². The number of para-hydroxylation sites is 1. The molecule has 120 valence electrons. The van der Waals surface area contributed by atoms with Gasteiger partial charge in [-0.15, -0.1) is 0 Å². The van der Waals surface area contributed by atoms with Crippen molar-refractivity contribution >= 4 is 12.0 Å². The van der Waals surface area contributed by atoms with E-state index < -0.39 is 0 Å². The van der Waals surface area contributed by atoms with Crippen LogP contribution in [-0.4, -0.2) is 19.1 Å². The van der Waals surface area contributed by atoms with Crippen LogP contribution in [0, 0.1) is 0 Å². The van der Waals surface area contributed by atoms with Gasteiger partial charge in [0.1, 0.15) is 5.75 Å². The van der Waals surface area contributed by atoms with E-state index in [1.54, 1.807) is 19.3 Å². The summed E-state index contributed by atoms with van der Waals surface area (Å²) in [5.41, 5.74) is 2.18. The molecule has 0 radical (unpaired) electrons. The summed E-state index contributed by atoms with van der Waals surface area (Å²) >= 11 is 0. The molecule has 0 spiro atoms. The maximum Gasteiger partial charge on any atom is 0.244 e. The third kappa shape index (κ3) is 5.62. The van der Waals surface area contributed by atoms with Crippen molar-refractivity contribution in [2.24, 2.45) is 0 Å². The molecule has 1 amide bonds. The largest absolute Gasteiger partial charge is 0.496 e. The van der Waals surface area contributed by atoms with Gasteiger partial charge in [-0.1, -0.05) is 48.5 Å². The third-order valence-electron chi connectivity index (χ3n) is 3.65. The van der Waals surface area contributed by atoms with Gasteiger partial charge in [0.15, 0.2) is 0 Å². The average Bonchev–Trinajstić information content (AvgIpc) is 2.59. The zero-order chi connectivity index (χ0) is 16.5. The van der Waals surface area contributed by atoms with E-state index in [1.807, 2.05) is 49.4 Å². The van der Waals surface area contributed by atoms with Gasteiger partial charge in [0, 0.05) is 17.7 Å². The minimum Gasteiger partial charge on any atom is -0.496 e. The second-order valence-electron chi connectivity index (χ2n) is 5.51. The zero-order valence-electron chi connectivity index (χ0n) is 13.7. The van der Waals surface area contributed by atoms with Crippen molar-refractivity contribution < 1.29 is 9.53 Å². The van der Waals surface area contributed by atoms with Gasteiger partial charge >= 0.3 is 0 Å². The lowest BCUT2D eigenvalue weighted by molar-refractivity contribution is -0.117. The molecule has 0 bridgehead atoms. The number of methoxy groups -OCH3 is 1. The summed E-state index contributed by atoms with van der Waals surface area (Å²) in [6.45, 7) is 2.03. The molecule has 0 fully saturated rings. The minimum absolute atomic E-state index is 0.0866. The SMILES string of the molecule is COc1ccccc1/C=C/C(=O)N[C@H](C)CCc1ccccc1. The molecule has 0 saturated carbocycles. The second kappa shape index (κ2) is 8.79. The Balaban J connectivity index is 1.83. The topological polar surface area (TPSA) is 38.3 Å². The molecule has 2 aromatic rings. The Kier molecular flexibility index (Phi) is 6.42. The number of amides is 1. The Morgan fingerprint density at radius 3 is 2.57 bits per heavy atom. The first-order chi connectivity index (χ1) is 11.2. The quantitative estimate of drug-likeness (QED) is 0.789. The first-order valence-corrected chi connectivity index (χ1v) is 7.84. The number of benzene rings is 2. The summed E-state index contributed by atoms with van der Waals surface area (Å²) in [5, 5.41) is 2.99. The van der Waals surface area contributed by atoms with Gasteiger partial charge in [0.2, 0.25) is 5.91 Å². The first kappa shape index (κ1) is 16.8. The maximum absolute atomic E-state index is 12.0. The summed E-state index contributed by atoms with van der Waals surface area (Å²) < 4.78 is 5.26. The number of nitrogens with one attached hydrogen (secondary N) is 1. The van der Waals surface area contributed by atoms with Crippen molar-refractivity contribution in [1.29, 1.82) is 0 Å². The van der Waals surface area contributed by atoms with E-state index in [0.29, 0.717) is 0 Å². The normalized spacial score (nSPS) is 12.1. The van der Waals surface area contributed by atoms with Crippen LogP contribution >= 0.6 is 0 Å². The summed E-state index contributed by atoms with van der Waals surface area (Å²) in [4.78, 5) is 12.0. The molecule has 0 aliphatic carbocycles. The van der Waals surface area contributed by atoms with Gasteiger partial charge in [0.05, 0.1) is 7.11 Å². The lowest BCUT2D eigenvalue weighted by Crippen LogP contribution is -2.31. The van der Waals surface area contributed by atoms with Gasteiger partial charge in [-0.2, -0.15) is 0 Å². The molecule has 23 heavy (non-hydrogen) atoms. The molecule has 2 rings (SSSR count). The lowest BCUT2D eigenvalue weighted by atomic mass is 10.1. The van der Waals surface area contributed by atoms with Gasteiger partial charge in [-0.25, -0.2) is 0 Å². The van der Waals surface area contributed by atoms with Crippen molar-refractivity contribution in [3.8, 4) is 5.75 Å². The van der Waals surface area contributed by atoms with Crippen LogP contribution in [0.4, 0.5) is 0 Å². The van der Waals surface area contributed by atoms with Crippen LogP contribution < -0.4 is 10.1 Å². The molecule has 1 N–H and O–H groups in total. The van der Waals surface area contributed by atoms with Crippen LogP contribution in [0.15, 0.2) is 60.7 Å². The Bertz CT molecular complexity index is 650. The minimum atomic E-state index is -0.0866. The van der Waals surface area contributed by atoms with Gasteiger partial charge < -0.3 is 10.1 Å². The molecule has 3 nitrogen and oxygen atoms in total. The van der Waals surface area contributed by atoms with E-state index in [9.17, 15) is 4.79 Å². The van der Waals surface area contributed by atoms with E-state index in [0.717, 1.165) is 24.2 Å². The Hall–Kier alpha value is -2.55. The van der Waals surface area contributed by atoms with E-state index >= 15 is 0 Å². The average molecular weight is 309 g/mol. The van der Waals surface area contributed by atoms with Gasteiger partial charge in [-0.05, 0) is 37.5 Å². The highest BCUT2D eigenvalue weighted by molar-refractivity contribution is 5.92. The number of ether oxygens (including phenoxy) is 1. The van der Waals surface area contributed by atoms with Crippen LogP contribution in [0.1, 0.15) is 24.5 Å². The first-order valence-electron chi connectivity index (χ1n) is 7.84. The van der Waals surface area contributed by atoms with E-state index in [1.165, 1.54) is 5.56 Å². The third-order valence-corrected chi connectivity index (χ3v) is 3.65. The van der Waals surface area contributed by atoms with Crippen molar-refractivity contribution in [2.75, 3.05) is 7.11 Å². The molecular formula is C20H23NO2. The molecule has 0 unspecified atom stereocenters. The van der Waals surface area contributed by atoms with Crippen molar-refractivity contribution in [2.45, 2.75) is 25.8 Å². The monoisotopic (exact) mass is 309 g/mol. The molecule has 0 saturated heterocycles. The Morgan fingerprint density at radius 1 is 1.13 bits per heavy atom. The fraction of sp³-hybridized carbons (Fsp3) is 0.250. The Morgan fingerprint density at radius 2 is 1.83 bits per heavy atom. The van der Waals surface area contributed by atoms with Crippen molar-refractivity contribution in [3.63, 3.8) is 0 Å². The number of carbonyl (C=O) groups excluding carboxylic acids is 1. The molecule has 1 atom stereocenters. The van der Waals surface area contributed by atoms with E-state index in [4.69, 9.17) is 4.74 Å². The highest BCUT2D eigenvalue weighted by atomic mass is 16.5. The van der Waals surface area contributed by atoms with Crippen LogP contribution in [0.3, 0.4) is 0 Å². The highest BCUT2D eigenvalue weighted by Gasteiger charge is 2.05. The number of carbonyl (C=O) groups is 1. The molecule has 0 aliphatic heterocycles. The van der Waals surface area contributed by atoms with E-state index in [-0.39, 0.29) is 11.9 Å². The Labute approximate surface area is 138 Å². The lowest BCUT2D eigenvalue weighted by Gasteiger charge is -2.12. The highest BCUT2D eigenvalue weighted by Crippen LogP contribution is 2.18. The molecule has 0 heterocycles. The number of rotatable bonds is 7. The number of hydrogen-bond acceptors (Lipinski definition) is 2. The number of aryl methyl sites for hydroxylation is 1. The predicted molar refractivity (Wildman–Crippen MR) is 94.4 cm³/mol. The maximum atomic E-state index is 12.0. The fourth-order valence-corrected chi connectivity index (χ4v) is 2.36. The van der Waals surface area contributed by atoms with Crippen molar-refractivity contribution in [3.05, 3.63) is 71.8 Å². The summed E-state index contributed by atoms with van der Waals surface area (Å²) in [6, 6.07) is 18.0. The molecule has 2 aromatic carbocycles. The van der Waals surface area contributed by atoms with Crippen LogP contribution in [0.2, 0.25) is 0 Å². The summed E-state index contributed by atoms with van der Waals surface area (Å²) in [5.74, 6) is 0.671. The van der Waals surface area contributed by atoms with Crippen LogP contribution in [0.25, 0.3) is 6.08 Å². The summed E-state index contributed by atoms with van der Waals surface area (Å²) in [6.07, 6.45) is 5.20. The molecular weight excluding hydrogens is 286 g/mol. The van der Waals surface area contributed by atoms with Crippen molar-refractivity contribution in [1.82, 2.24) is 5.32 Å². The zero-order valence-corrected chi connectivity index (χ0v) is 13.7. The van der Waals surface area contributed by atoms with Crippen LogP contribution in [0.5, 0.6) is 5.75 Å². The molecule has 0 aliphatic rings. The van der Waals surface area contributed by atoms with Crippen LogP contribution in [-0.2, 0) is 11.2 Å². The fourth-order valence-electron chi connectivity index (χ4n) is 2.36. The molecule has 0 aromatic heterocycles. The smallest absolute Gasteiger partial charge is 0.244 e. The van der Waals surface area contributed by atoms with Gasteiger partial charge in [0.25, 0.3) is 0 Å².